The molecule has 0 amide bonds. The maximum absolute atomic E-state index is 10.9. The van der Waals surface area contributed by atoms with Crippen molar-refractivity contribution in [2.45, 2.75) is 32.6 Å². The minimum atomic E-state index is -0.737. The van der Waals surface area contributed by atoms with Crippen LogP contribution in [0.25, 0.3) is 10.9 Å². The highest BCUT2D eigenvalue weighted by molar-refractivity contribution is 5.85. The smallest absolute Gasteiger partial charge is 0.303 e. The molecule has 3 nitrogen and oxygen atoms in total. The Labute approximate surface area is 100 Å². The predicted molar refractivity (Wildman–Crippen MR) is 68.3 cm³/mol. The summed E-state index contributed by atoms with van der Waals surface area (Å²) < 4.78 is 0. The quantitative estimate of drug-likeness (QED) is 0.846. The van der Waals surface area contributed by atoms with Crippen molar-refractivity contribution in [2.24, 2.45) is 0 Å². The molecule has 90 valence electrons. The van der Waals surface area contributed by atoms with Gasteiger partial charge in [0.05, 0.1) is 6.42 Å². The molecule has 1 heterocycles. The van der Waals surface area contributed by atoms with Crippen molar-refractivity contribution in [1.29, 1.82) is 0 Å². The second-order valence-corrected chi connectivity index (χ2v) is 4.50. The van der Waals surface area contributed by atoms with Crippen LogP contribution in [-0.4, -0.2) is 16.1 Å². The van der Waals surface area contributed by atoms with Crippen LogP contribution in [-0.2, 0) is 4.79 Å². The summed E-state index contributed by atoms with van der Waals surface area (Å²) in [5.74, 6) is -0.651. The first-order valence-corrected chi connectivity index (χ1v) is 5.91. The Morgan fingerprint density at radius 3 is 2.88 bits per heavy atom. The zero-order valence-electron chi connectivity index (χ0n) is 10.2. The van der Waals surface area contributed by atoms with Crippen molar-refractivity contribution in [1.82, 2.24) is 4.98 Å². The van der Waals surface area contributed by atoms with Gasteiger partial charge in [0.15, 0.2) is 0 Å². The summed E-state index contributed by atoms with van der Waals surface area (Å²) in [6.07, 6.45) is 2.98. The molecule has 1 aromatic heterocycles. The zero-order chi connectivity index (χ0) is 12.4. The first-order chi connectivity index (χ1) is 8.11. The highest BCUT2D eigenvalue weighted by Gasteiger charge is 2.17. The normalized spacial score (nSPS) is 12.8. The van der Waals surface area contributed by atoms with E-state index in [-0.39, 0.29) is 12.3 Å². The van der Waals surface area contributed by atoms with Crippen molar-refractivity contribution in [3.63, 3.8) is 0 Å². The number of rotatable bonds is 4. The Morgan fingerprint density at radius 1 is 1.47 bits per heavy atom. The Kier molecular flexibility index (Phi) is 3.18. The summed E-state index contributed by atoms with van der Waals surface area (Å²) in [6, 6.07) is 6.22. The van der Waals surface area contributed by atoms with E-state index >= 15 is 0 Å². The maximum atomic E-state index is 10.9. The van der Waals surface area contributed by atoms with E-state index in [9.17, 15) is 4.79 Å². The van der Waals surface area contributed by atoms with Gasteiger partial charge < -0.3 is 10.1 Å². The number of aryl methyl sites for hydroxylation is 1. The Morgan fingerprint density at radius 2 is 2.24 bits per heavy atom. The predicted octanol–water partition coefficient (Wildman–Crippen LogP) is 3.44. The molecule has 0 aliphatic rings. The summed E-state index contributed by atoms with van der Waals surface area (Å²) in [6.45, 7) is 4.08. The molecule has 2 N–H and O–H groups in total. The highest BCUT2D eigenvalue weighted by atomic mass is 16.4. The first-order valence-electron chi connectivity index (χ1n) is 5.91. The van der Waals surface area contributed by atoms with Crippen LogP contribution in [0.2, 0.25) is 0 Å². The number of carbonyl (C=O) groups is 1. The number of aliphatic carboxylic acids is 1. The van der Waals surface area contributed by atoms with E-state index in [1.807, 2.05) is 26.1 Å². The van der Waals surface area contributed by atoms with Crippen LogP contribution in [0, 0.1) is 6.92 Å². The molecule has 0 bridgehead atoms. The number of carboxylic acid groups (broad SMARTS) is 1. The number of hydrogen-bond acceptors (Lipinski definition) is 1. The average Bonchev–Trinajstić information content (AvgIpc) is 2.68. The monoisotopic (exact) mass is 231 g/mol. The SMILES string of the molecule is CCC(CC(=O)O)c1c[nH]c2ccc(C)cc12. The van der Waals surface area contributed by atoms with Crippen molar-refractivity contribution in [3.8, 4) is 0 Å². The van der Waals surface area contributed by atoms with Crippen molar-refractivity contribution in [3.05, 3.63) is 35.5 Å². The number of hydrogen-bond donors (Lipinski definition) is 2. The van der Waals surface area contributed by atoms with Crippen LogP contribution in [0.5, 0.6) is 0 Å². The Bertz CT molecular complexity index is 542. The third-order valence-corrected chi connectivity index (χ3v) is 3.22. The molecule has 0 radical (unpaired) electrons. The van der Waals surface area contributed by atoms with Crippen LogP contribution in [0.15, 0.2) is 24.4 Å². The molecule has 0 aliphatic heterocycles. The minimum absolute atomic E-state index is 0.0862. The molecule has 17 heavy (non-hydrogen) atoms. The van der Waals surface area contributed by atoms with E-state index in [1.165, 1.54) is 5.56 Å². The summed E-state index contributed by atoms with van der Waals surface area (Å²) in [5, 5.41) is 10.1. The fraction of sp³-hybridized carbons (Fsp3) is 0.357. The van der Waals surface area contributed by atoms with Crippen molar-refractivity contribution < 1.29 is 9.90 Å². The van der Waals surface area contributed by atoms with Crippen LogP contribution in [0.4, 0.5) is 0 Å². The Balaban J connectivity index is 2.46. The first kappa shape index (κ1) is 11.7. The van der Waals surface area contributed by atoms with Crippen molar-refractivity contribution >= 4 is 16.9 Å². The molecule has 1 aromatic carbocycles. The van der Waals surface area contributed by atoms with Gasteiger partial charge in [-0.15, -0.1) is 0 Å². The summed E-state index contributed by atoms with van der Waals surface area (Å²) in [4.78, 5) is 14.1. The molecule has 0 spiro atoms. The van der Waals surface area contributed by atoms with Crippen LogP contribution < -0.4 is 0 Å². The third kappa shape index (κ3) is 2.33. The van der Waals surface area contributed by atoms with E-state index in [1.54, 1.807) is 0 Å². The lowest BCUT2D eigenvalue weighted by atomic mass is 9.92. The molecule has 0 fully saturated rings. The largest absolute Gasteiger partial charge is 0.481 e. The van der Waals surface area contributed by atoms with Gasteiger partial charge in [0, 0.05) is 17.1 Å². The molecule has 1 unspecified atom stereocenters. The summed E-state index contributed by atoms with van der Waals surface area (Å²) in [5.41, 5.74) is 3.39. The number of benzene rings is 1. The molecular formula is C14H17NO2. The van der Waals surface area contributed by atoms with Gasteiger partial charge in [0.1, 0.15) is 0 Å². The second kappa shape index (κ2) is 4.62. The third-order valence-electron chi connectivity index (χ3n) is 3.22. The maximum Gasteiger partial charge on any atom is 0.303 e. The van der Waals surface area contributed by atoms with Gasteiger partial charge in [-0.3, -0.25) is 4.79 Å². The number of nitrogens with one attached hydrogen (secondary N) is 1. The Hall–Kier alpha value is -1.77. The molecule has 0 saturated heterocycles. The van der Waals surface area contributed by atoms with E-state index < -0.39 is 5.97 Å². The lowest BCUT2D eigenvalue weighted by molar-refractivity contribution is -0.137. The van der Waals surface area contributed by atoms with E-state index in [0.717, 1.165) is 22.9 Å². The van der Waals surface area contributed by atoms with Gasteiger partial charge in [0.25, 0.3) is 0 Å². The fourth-order valence-electron chi connectivity index (χ4n) is 2.28. The molecular weight excluding hydrogens is 214 g/mol. The van der Waals surface area contributed by atoms with Gasteiger partial charge in [-0.2, -0.15) is 0 Å². The van der Waals surface area contributed by atoms with E-state index in [4.69, 9.17) is 5.11 Å². The van der Waals surface area contributed by atoms with Gasteiger partial charge in [0.2, 0.25) is 0 Å². The number of H-pyrrole nitrogens is 1. The van der Waals surface area contributed by atoms with E-state index in [0.29, 0.717) is 0 Å². The molecule has 2 rings (SSSR count). The van der Waals surface area contributed by atoms with Gasteiger partial charge in [-0.05, 0) is 37.0 Å². The minimum Gasteiger partial charge on any atom is -0.481 e. The van der Waals surface area contributed by atoms with Crippen LogP contribution >= 0.6 is 0 Å². The van der Waals surface area contributed by atoms with Crippen LogP contribution in [0.1, 0.15) is 36.8 Å². The molecule has 0 aliphatic carbocycles. The second-order valence-electron chi connectivity index (χ2n) is 4.50. The zero-order valence-corrected chi connectivity index (χ0v) is 10.2. The molecule has 0 saturated carbocycles. The average molecular weight is 231 g/mol. The fourth-order valence-corrected chi connectivity index (χ4v) is 2.28. The van der Waals surface area contributed by atoms with E-state index in [2.05, 4.69) is 17.1 Å². The molecule has 2 aromatic rings. The standard InChI is InChI=1S/C14H17NO2/c1-3-10(7-14(16)17)12-8-15-13-5-4-9(2)6-11(12)13/h4-6,8,10,15H,3,7H2,1-2H3,(H,16,17). The van der Waals surface area contributed by atoms with Crippen molar-refractivity contribution in [2.75, 3.05) is 0 Å². The topological polar surface area (TPSA) is 53.1 Å². The molecule has 3 heteroatoms. The number of carboxylic acids is 1. The highest BCUT2D eigenvalue weighted by Crippen LogP contribution is 2.30. The lowest BCUT2D eigenvalue weighted by Crippen LogP contribution is -2.04. The van der Waals surface area contributed by atoms with Gasteiger partial charge in [-0.1, -0.05) is 18.6 Å². The lowest BCUT2D eigenvalue weighted by Gasteiger charge is -2.11. The number of aromatic amines is 1. The van der Waals surface area contributed by atoms with Crippen LogP contribution in [0.3, 0.4) is 0 Å². The summed E-state index contributed by atoms with van der Waals surface area (Å²) >= 11 is 0. The number of aromatic nitrogens is 1. The van der Waals surface area contributed by atoms with Gasteiger partial charge in [-0.25, -0.2) is 0 Å². The van der Waals surface area contributed by atoms with Gasteiger partial charge >= 0.3 is 5.97 Å². The number of fused-ring (bicyclic) bond motifs is 1. The summed E-state index contributed by atoms with van der Waals surface area (Å²) in [7, 11) is 0. The molecule has 1 atom stereocenters.